The van der Waals surface area contributed by atoms with Gasteiger partial charge in [-0.2, -0.15) is 0 Å². The van der Waals surface area contributed by atoms with Crippen molar-refractivity contribution in [2.45, 2.75) is 0 Å². The van der Waals surface area contributed by atoms with Gasteiger partial charge in [-0.25, -0.2) is 0 Å². The van der Waals surface area contributed by atoms with Crippen LogP contribution in [0.25, 0.3) is 221 Å². The quantitative estimate of drug-likeness (QED) is 0.128. The molecule has 590 valence electrons. The van der Waals surface area contributed by atoms with Gasteiger partial charge in [-0.15, -0.1) is 0 Å². The molecule has 0 N–H and O–H groups in total. The molecule has 26 aromatic rings. The topological polar surface area (TPSA) is 107 Å². The lowest BCUT2D eigenvalue weighted by atomic mass is 10.0. The number of hydrogen-bond donors (Lipinski definition) is 0. The van der Waals surface area contributed by atoms with Crippen LogP contribution in [-0.4, -0.2) is 57.3 Å². The van der Waals surface area contributed by atoms with Gasteiger partial charge in [0.25, 0.3) is 0 Å². The molecule has 0 saturated carbocycles. The van der Waals surface area contributed by atoms with E-state index in [1.54, 1.807) is 0 Å². The summed E-state index contributed by atoms with van der Waals surface area (Å²) < 4.78 is 13.9. The summed E-state index contributed by atoms with van der Waals surface area (Å²) in [5, 5.41) is 11.8. The summed E-state index contributed by atoms with van der Waals surface area (Å²) in [7, 11) is 0. The van der Waals surface area contributed by atoms with E-state index in [0.717, 1.165) is 133 Å². The molecule has 12 heterocycles. The standard InChI is InChI=1S/2C40H26N4.C34H22N4/c1-3-8-27(9-4-1)28-10-7-13-32(22-28)44-37-16-14-29(23-34(37)33-18-20-42-26-40(33)44)30-15-17-38-35(24-30)36-25-41-21-19-39(36)43(38)31-11-5-2-6-12-31;1-3-7-27(8-4-1)28-11-15-32(16-12-28)44-37-17-13-29(23-34(37)33-19-21-42-26-40(33)44)30-14-18-38-35(24-30)36-25-41-22-20-39(36)43(38)31-9-5-2-6-10-31;1-3-9-25(10-4-1)37-29-17-15-23(21-27(29)33-31(37)13-7-19-35-33)24-16-18-30-28(22-24)34-32(14-8-20-36-34)38(30)26-11-5-2-6-12-26/h2*1-26H;1-22H. The number of nitrogens with zero attached hydrogens (tertiary/aromatic N) is 12. The SMILES string of the molecule is c1ccc(-c2ccc(-n3c4ccc(-c5ccc6c(c5)c5cnccc5n6-c5ccccc5)cc4c4ccncc43)cc2)cc1.c1ccc(-c2cccc(-n3c4ccc(-c5ccc6c(c5)c5cnccc5n6-c5ccccc5)cc4c4ccncc43)c2)cc1.c1ccc(-n2c3ccc(-c4ccc5c(c4)c4ncccc4n5-c4ccccc4)cc3c3ncccc32)cc1. The molecule has 0 unspecified atom stereocenters. The Bertz CT molecular complexity index is 8530. The van der Waals surface area contributed by atoms with Gasteiger partial charge in [0.15, 0.2) is 0 Å². The smallest absolute Gasteiger partial charge is 0.0963 e. The zero-order valence-electron chi connectivity index (χ0n) is 68.1. The third-order valence-electron chi connectivity index (χ3n) is 24.8. The Morgan fingerprint density at radius 2 is 0.397 bits per heavy atom. The molecule has 0 amide bonds. The van der Waals surface area contributed by atoms with Crippen LogP contribution in [-0.2, 0) is 0 Å². The van der Waals surface area contributed by atoms with E-state index >= 15 is 0 Å². The Labute approximate surface area is 723 Å². The molecule has 126 heavy (non-hydrogen) atoms. The Kier molecular flexibility index (Phi) is 17.6. The minimum absolute atomic E-state index is 1.01. The van der Waals surface area contributed by atoms with E-state index in [2.05, 4.69) is 411 Å². The predicted octanol–water partition coefficient (Wildman–Crippen LogP) is 28.3. The largest absolute Gasteiger partial charge is 0.309 e. The molecule has 0 atom stereocenters. The summed E-state index contributed by atoms with van der Waals surface area (Å²) >= 11 is 0. The second-order valence-corrected chi connectivity index (χ2v) is 31.9. The molecule has 26 rings (SSSR count). The van der Waals surface area contributed by atoms with Crippen LogP contribution in [0.4, 0.5) is 0 Å². The second kappa shape index (κ2) is 30.5. The lowest BCUT2D eigenvalue weighted by molar-refractivity contribution is 1.17. The van der Waals surface area contributed by atoms with Crippen LogP contribution in [0.5, 0.6) is 0 Å². The first kappa shape index (κ1) is 72.8. The zero-order valence-corrected chi connectivity index (χ0v) is 68.1. The van der Waals surface area contributed by atoms with Crippen molar-refractivity contribution >= 4 is 131 Å². The van der Waals surface area contributed by atoms with E-state index < -0.39 is 0 Å². The molecule has 12 aromatic heterocycles. The Balaban J connectivity index is 0.000000106. The molecule has 0 aliphatic heterocycles. The van der Waals surface area contributed by atoms with Gasteiger partial charge in [-0.05, 0) is 250 Å². The van der Waals surface area contributed by atoms with Crippen molar-refractivity contribution in [3.63, 3.8) is 0 Å². The van der Waals surface area contributed by atoms with Crippen molar-refractivity contribution in [2.24, 2.45) is 0 Å². The van der Waals surface area contributed by atoms with Crippen LogP contribution >= 0.6 is 0 Å². The molecule has 0 aliphatic rings. The number of para-hydroxylation sites is 4. The van der Waals surface area contributed by atoms with E-state index in [0.29, 0.717) is 0 Å². The normalized spacial score (nSPS) is 11.7. The highest BCUT2D eigenvalue weighted by Gasteiger charge is 2.23. The number of benzene rings is 14. The predicted molar refractivity (Wildman–Crippen MR) is 519 cm³/mol. The van der Waals surface area contributed by atoms with Gasteiger partial charge in [0, 0.05) is 138 Å². The first-order chi connectivity index (χ1) is 62.5. The molecule has 12 nitrogen and oxygen atoms in total. The van der Waals surface area contributed by atoms with Crippen molar-refractivity contribution < 1.29 is 0 Å². The summed E-state index contributed by atoms with van der Waals surface area (Å²) in [5.74, 6) is 0. The summed E-state index contributed by atoms with van der Waals surface area (Å²) in [6, 6.07) is 138. The highest BCUT2D eigenvalue weighted by Crippen LogP contribution is 2.44. The maximum Gasteiger partial charge on any atom is 0.0963 e. The van der Waals surface area contributed by atoms with Crippen LogP contribution in [0.15, 0.2) is 450 Å². The van der Waals surface area contributed by atoms with Crippen LogP contribution < -0.4 is 0 Å². The fourth-order valence-corrected chi connectivity index (χ4v) is 19.1. The fraction of sp³-hybridized carbons (Fsp3) is 0. The summed E-state index contributed by atoms with van der Waals surface area (Å²) in [5.41, 5.74) is 34.3. The molecule has 0 spiro atoms. The van der Waals surface area contributed by atoms with Crippen LogP contribution in [0.2, 0.25) is 0 Å². The number of pyridine rings is 6. The molecular weight excluding hydrogens is 1540 g/mol. The van der Waals surface area contributed by atoms with Crippen molar-refractivity contribution in [1.82, 2.24) is 57.3 Å². The molecule has 0 saturated heterocycles. The van der Waals surface area contributed by atoms with Crippen molar-refractivity contribution in [3.8, 4) is 89.8 Å². The summed E-state index contributed by atoms with van der Waals surface area (Å²) in [4.78, 5) is 27.5. The Morgan fingerprint density at radius 3 is 0.794 bits per heavy atom. The zero-order chi connectivity index (χ0) is 83.1. The monoisotopic (exact) mass is 1610 g/mol. The number of aromatic nitrogens is 12. The fourth-order valence-electron chi connectivity index (χ4n) is 19.1. The number of fused-ring (bicyclic) bond motifs is 18. The molecule has 12 heteroatoms. The Morgan fingerprint density at radius 1 is 0.135 bits per heavy atom. The first-order valence-corrected chi connectivity index (χ1v) is 42.4. The minimum Gasteiger partial charge on any atom is -0.309 e. The van der Waals surface area contributed by atoms with Gasteiger partial charge in [0.1, 0.15) is 0 Å². The van der Waals surface area contributed by atoms with E-state index in [9.17, 15) is 0 Å². The number of rotatable bonds is 11. The third-order valence-corrected chi connectivity index (χ3v) is 24.8. The van der Waals surface area contributed by atoms with Gasteiger partial charge in [0.2, 0.25) is 0 Å². The van der Waals surface area contributed by atoms with Crippen molar-refractivity contribution in [1.29, 1.82) is 0 Å². The lowest BCUT2D eigenvalue weighted by Gasteiger charge is -2.11. The molecule has 0 aliphatic carbocycles. The number of hydrogen-bond acceptors (Lipinski definition) is 6. The molecule has 14 aromatic carbocycles. The van der Waals surface area contributed by atoms with E-state index in [4.69, 9.17) is 9.97 Å². The summed E-state index contributed by atoms with van der Waals surface area (Å²) in [6.45, 7) is 0. The van der Waals surface area contributed by atoms with Crippen LogP contribution in [0, 0.1) is 0 Å². The Hall–Kier alpha value is -17.2. The molecular formula is C114H74N12. The molecule has 0 bridgehead atoms. The summed E-state index contributed by atoms with van der Waals surface area (Å²) in [6.07, 6.45) is 19.2. The van der Waals surface area contributed by atoms with Gasteiger partial charge in [0.05, 0.1) is 89.6 Å². The van der Waals surface area contributed by atoms with E-state index in [-0.39, 0.29) is 0 Å². The van der Waals surface area contributed by atoms with Crippen molar-refractivity contribution in [2.75, 3.05) is 0 Å². The van der Waals surface area contributed by atoms with Gasteiger partial charge < -0.3 is 27.4 Å². The van der Waals surface area contributed by atoms with E-state index in [1.807, 2.05) is 86.2 Å². The molecule has 0 radical (unpaired) electrons. The van der Waals surface area contributed by atoms with Gasteiger partial charge >= 0.3 is 0 Å². The highest BCUT2D eigenvalue weighted by molar-refractivity contribution is 6.16. The van der Waals surface area contributed by atoms with Gasteiger partial charge in [-0.3, -0.25) is 29.9 Å². The minimum atomic E-state index is 1.01. The maximum atomic E-state index is 4.78. The maximum absolute atomic E-state index is 4.78. The highest BCUT2D eigenvalue weighted by atomic mass is 15.0. The van der Waals surface area contributed by atoms with Gasteiger partial charge in [-0.1, -0.05) is 194 Å². The first-order valence-electron chi connectivity index (χ1n) is 42.4. The third kappa shape index (κ3) is 12.4. The lowest BCUT2D eigenvalue weighted by Crippen LogP contribution is -1.94. The average Bonchev–Trinajstić information content (AvgIpc) is 1.59. The second-order valence-electron chi connectivity index (χ2n) is 31.9. The van der Waals surface area contributed by atoms with E-state index in [1.165, 1.54) is 87.9 Å². The molecule has 0 fully saturated rings. The average molecular weight is 1610 g/mol. The van der Waals surface area contributed by atoms with Crippen LogP contribution in [0.3, 0.4) is 0 Å². The van der Waals surface area contributed by atoms with Crippen LogP contribution in [0.1, 0.15) is 0 Å². The van der Waals surface area contributed by atoms with Crippen molar-refractivity contribution in [3.05, 3.63) is 450 Å².